The van der Waals surface area contributed by atoms with Crippen LogP contribution >= 0.6 is 0 Å². The molecule has 41 heavy (non-hydrogen) atoms. The topological polar surface area (TPSA) is 72.8 Å². The number of rotatable bonds is 0. The van der Waals surface area contributed by atoms with Crippen LogP contribution in [0, 0.1) is 0 Å². The second-order valence-electron chi connectivity index (χ2n) is 13.8. The maximum atomic E-state index is 6.21. The summed E-state index contributed by atoms with van der Waals surface area (Å²) in [7, 11) is 2.20. The standard InChI is InChI=1S/C35H38N4O2/c1-32(2)24-18-40-30(36-24)35(7,8)31-37-25(19-41-31)33(3,4)28-22-16-12-13-17-23(22)29(39(28)9)34(5,6)27-21-15-11-10-14-20(21)26(32)38-27/h10-19,38H,1-9H3. The number of H-pyrrole nitrogens is 1. The molecule has 0 spiro atoms. The van der Waals surface area contributed by atoms with Gasteiger partial charge >= 0.3 is 0 Å². The summed E-state index contributed by atoms with van der Waals surface area (Å²) in [4.78, 5) is 14.1. The van der Waals surface area contributed by atoms with Gasteiger partial charge in [-0.2, -0.15) is 0 Å². The molecule has 0 saturated heterocycles. The molecule has 0 atom stereocenters. The molecule has 0 fully saturated rings. The van der Waals surface area contributed by atoms with E-state index in [1.807, 2.05) is 0 Å². The Balaban J connectivity index is 1.64. The van der Waals surface area contributed by atoms with Crippen LogP contribution in [0.4, 0.5) is 0 Å². The van der Waals surface area contributed by atoms with E-state index in [1.54, 1.807) is 12.5 Å². The highest BCUT2D eigenvalue weighted by molar-refractivity contribution is 5.94. The van der Waals surface area contributed by atoms with Crippen molar-refractivity contribution in [3.63, 3.8) is 0 Å². The first kappa shape index (κ1) is 25.9. The van der Waals surface area contributed by atoms with E-state index in [9.17, 15) is 0 Å². The fraction of sp³-hybridized carbons (Fsp3) is 0.371. The molecule has 6 nitrogen and oxygen atoms in total. The highest BCUT2D eigenvalue weighted by Crippen LogP contribution is 2.48. The molecule has 4 aromatic heterocycles. The molecule has 1 aliphatic rings. The Hall–Kier alpha value is -4.06. The van der Waals surface area contributed by atoms with E-state index in [4.69, 9.17) is 18.8 Å². The van der Waals surface area contributed by atoms with Crippen LogP contribution < -0.4 is 0 Å². The van der Waals surface area contributed by atoms with Crippen molar-refractivity contribution in [2.75, 3.05) is 0 Å². The van der Waals surface area contributed by atoms with Gasteiger partial charge in [-0.25, -0.2) is 9.97 Å². The number of oxazole rings is 2. The largest absolute Gasteiger partial charge is 0.448 e. The molecule has 0 amide bonds. The van der Waals surface area contributed by atoms with Gasteiger partial charge in [-0.3, -0.25) is 0 Å². The molecule has 0 radical (unpaired) electrons. The predicted molar refractivity (Wildman–Crippen MR) is 163 cm³/mol. The molecule has 0 unspecified atom stereocenters. The highest BCUT2D eigenvalue weighted by Gasteiger charge is 2.43. The van der Waals surface area contributed by atoms with E-state index >= 15 is 0 Å². The lowest BCUT2D eigenvalue weighted by molar-refractivity contribution is 0.341. The maximum absolute atomic E-state index is 6.21. The first-order valence-electron chi connectivity index (χ1n) is 14.4. The van der Waals surface area contributed by atoms with E-state index in [0.717, 1.165) is 17.1 Å². The summed E-state index contributed by atoms with van der Waals surface area (Å²) in [5, 5.41) is 4.90. The summed E-state index contributed by atoms with van der Waals surface area (Å²) in [6.45, 7) is 17.7. The lowest BCUT2D eigenvalue weighted by atomic mass is 9.81. The third-order valence-electron chi connectivity index (χ3n) is 9.62. The van der Waals surface area contributed by atoms with Crippen LogP contribution in [0.5, 0.6) is 0 Å². The van der Waals surface area contributed by atoms with Gasteiger partial charge in [0.25, 0.3) is 0 Å². The SMILES string of the molecule is Cn1c2c3ccccc3c1C(C)(C)c1[nH]c(c3ccccc13)C(C)(C)c1coc(n1)C(C)(C)c1nc(co1)C2(C)C. The molecular formula is C35H38N4O2. The van der Waals surface area contributed by atoms with Crippen molar-refractivity contribution in [1.29, 1.82) is 0 Å². The summed E-state index contributed by atoms with van der Waals surface area (Å²) in [5.74, 6) is 1.17. The summed E-state index contributed by atoms with van der Waals surface area (Å²) < 4.78 is 14.8. The molecular weight excluding hydrogens is 508 g/mol. The first-order chi connectivity index (χ1) is 19.3. The van der Waals surface area contributed by atoms with Gasteiger partial charge in [0.2, 0.25) is 11.8 Å². The van der Waals surface area contributed by atoms with Crippen LogP contribution in [0.2, 0.25) is 0 Å². The first-order valence-corrected chi connectivity index (χ1v) is 14.4. The molecule has 1 N–H and O–H groups in total. The van der Waals surface area contributed by atoms with Gasteiger partial charge in [-0.05, 0) is 55.4 Å². The number of hydrogen-bond acceptors (Lipinski definition) is 4. The normalized spacial score (nSPS) is 18.7. The minimum atomic E-state index is -0.661. The maximum Gasteiger partial charge on any atom is 0.209 e. The third-order valence-corrected chi connectivity index (χ3v) is 9.62. The van der Waals surface area contributed by atoms with E-state index in [0.29, 0.717) is 11.8 Å². The van der Waals surface area contributed by atoms with Crippen molar-refractivity contribution in [1.82, 2.24) is 19.5 Å². The Morgan fingerprint density at radius 3 is 1.49 bits per heavy atom. The summed E-state index contributed by atoms with van der Waals surface area (Å²) >= 11 is 0. The zero-order valence-electron chi connectivity index (χ0n) is 25.4. The minimum absolute atomic E-state index is 0.361. The van der Waals surface area contributed by atoms with E-state index < -0.39 is 16.2 Å². The molecule has 2 aromatic carbocycles. The number of hydrogen-bond donors (Lipinski definition) is 1. The second kappa shape index (κ2) is 8.03. The molecule has 210 valence electrons. The number of aromatic amines is 1. The van der Waals surface area contributed by atoms with Crippen molar-refractivity contribution in [3.05, 3.63) is 107 Å². The molecule has 0 saturated carbocycles. The van der Waals surface area contributed by atoms with E-state index in [-0.39, 0.29) is 5.41 Å². The molecule has 6 heteroatoms. The minimum Gasteiger partial charge on any atom is -0.448 e. The molecule has 7 rings (SSSR count). The van der Waals surface area contributed by atoms with Crippen molar-refractivity contribution in [2.24, 2.45) is 7.05 Å². The second-order valence-corrected chi connectivity index (χ2v) is 13.8. The van der Waals surface area contributed by atoms with E-state index in [1.165, 1.54) is 38.6 Å². The third kappa shape index (κ3) is 3.30. The quantitative estimate of drug-likeness (QED) is 0.208. The van der Waals surface area contributed by atoms with Gasteiger partial charge in [-0.1, -0.05) is 48.5 Å². The van der Waals surface area contributed by atoms with Gasteiger partial charge in [-0.15, -0.1) is 0 Å². The van der Waals surface area contributed by atoms with Crippen LogP contribution in [0.3, 0.4) is 0 Å². The monoisotopic (exact) mass is 546 g/mol. The number of nitrogens with zero attached hydrogens (tertiary/aromatic N) is 3. The number of benzene rings is 2. The van der Waals surface area contributed by atoms with Gasteiger partial charge < -0.3 is 18.4 Å². The van der Waals surface area contributed by atoms with Gasteiger partial charge in [0.1, 0.15) is 17.9 Å². The van der Waals surface area contributed by atoms with Crippen molar-refractivity contribution >= 4 is 21.5 Å². The highest BCUT2D eigenvalue weighted by atomic mass is 16.4. The summed E-state index contributed by atoms with van der Waals surface area (Å²) in [5.41, 5.74) is 4.60. The number of nitrogens with one attached hydrogen (secondary N) is 1. The van der Waals surface area contributed by atoms with Crippen LogP contribution in [0.15, 0.2) is 69.9 Å². The van der Waals surface area contributed by atoms with Crippen LogP contribution in [0.1, 0.15) is 101 Å². The average molecular weight is 547 g/mol. The number of fused-ring (bicyclic) bond motifs is 14. The zero-order chi connectivity index (χ0) is 29.1. The Kier molecular flexibility index (Phi) is 5.07. The van der Waals surface area contributed by atoms with Crippen LogP contribution in [0.25, 0.3) is 21.5 Å². The average Bonchev–Trinajstić information content (AvgIpc) is 3.71. The molecule has 0 aliphatic carbocycles. The Morgan fingerprint density at radius 2 is 0.976 bits per heavy atom. The van der Waals surface area contributed by atoms with Gasteiger partial charge in [0.05, 0.1) is 22.2 Å². The Bertz CT molecular complexity index is 1970. The predicted octanol–water partition coefficient (Wildman–Crippen LogP) is 8.25. The Labute approximate surface area is 240 Å². The fourth-order valence-corrected chi connectivity index (χ4v) is 7.20. The van der Waals surface area contributed by atoms with Crippen molar-refractivity contribution < 1.29 is 8.83 Å². The molecule has 5 heterocycles. The van der Waals surface area contributed by atoms with Gasteiger partial charge in [0, 0.05) is 56.8 Å². The van der Waals surface area contributed by atoms with E-state index in [2.05, 4.69) is 121 Å². The van der Waals surface area contributed by atoms with Crippen molar-refractivity contribution in [3.8, 4) is 0 Å². The van der Waals surface area contributed by atoms with Crippen molar-refractivity contribution in [2.45, 2.75) is 77.0 Å². The van der Waals surface area contributed by atoms with Crippen LogP contribution in [-0.2, 0) is 28.7 Å². The number of aromatic nitrogens is 4. The lowest BCUT2D eigenvalue weighted by Crippen LogP contribution is -2.29. The summed E-state index contributed by atoms with van der Waals surface area (Å²) in [6.07, 6.45) is 3.60. The van der Waals surface area contributed by atoms with Crippen LogP contribution in [-0.4, -0.2) is 19.5 Å². The smallest absolute Gasteiger partial charge is 0.209 e. The molecule has 8 bridgehead atoms. The summed E-state index contributed by atoms with van der Waals surface area (Å²) in [6, 6.07) is 17.5. The molecule has 1 aliphatic heterocycles. The Morgan fingerprint density at radius 1 is 0.561 bits per heavy atom. The lowest BCUT2D eigenvalue weighted by Gasteiger charge is -2.30. The fourth-order valence-electron chi connectivity index (χ4n) is 7.20. The zero-order valence-corrected chi connectivity index (χ0v) is 25.4. The van der Waals surface area contributed by atoms with Gasteiger partial charge in [0.15, 0.2) is 0 Å². The molecule has 6 aromatic rings.